The van der Waals surface area contributed by atoms with Gasteiger partial charge in [0.05, 0.1) is 12.8 Å². The van der Waals surface area contributed by atoms with Crippen molar-refractivity contribution in [3.05, 3.63) is 0 Å². The Labute approximate surface area is 72.6 Å². The van der Waals surface area contributed by atoms with Crippen LogP contribution in [0.5, 0.6) is 0 Å². The molecule has 1 fully saturated rings. The fourth-order valence-corrected chi connectivity index (χ4v) is 1.57. The standard InChI is InChI=1S/C8H16N2O2/c1-7(12)10(5-6-11)8-3-2-4-9-8/h8-9,11H,2-6H2,1H3. The maximum atomic E-state index is 11.1. The first-order valence-electron chi connectivity index (χ1n) is 4.37. The number of aliphatic hydroxyl groups is 1. The van der Waals surface area contributed by atoms with Crippen LogP contribution in [0.4, 0.5) is 0 Å². The molecule has 1 unspecified atom stereocenters. The van der Waals surface area contributed by atoms with Crippen LogP contribution in [-0.2, 0) is 4.79 Å². The Hall–Kier alpha value is -0.610. The number of amides is 1. The minimum Gasteiger partial charge on any atom is -0.395 e. The predicted octanol–water partition coefficient (Wildman–Crippen LogP) is -0.463. The van der Waals surface area contributed by atoms with Crippen LogP contribution < -0.4 is 5.32 Å². The first kappa shape index (κ1) is 9.48. The van der Waals surface area contributed by atoms with Crippen molar-refractivity contribution >= 4 is 5.91 Å². The number of nitrogens with one attached hydrogen (secondary N) is 1. The van der Waals surface area contributed by atoms with Gasteiger partial charge in [-0.05, 0) is 19.4 Å². The minimum atomic E-state index is 0.0310. The normalized spacial score (nSPS) is 22.7. The van der Waals surface area contributed by atoms with Gasteiger partial charge in [-0.1, -0.05) is 0 Å². The molecule has 0 aromatic rings. The Morgan fingerprint density at radius 1 is 1.75 bits per heavy atom. The number of nitrogens with zero attached hydrogens (tertiary/aromatic N) is 1. The molecule has 0 aliphatic carbocycles. The van der Waals surface area contributed by atoms with Gasteiger partial charge in [-0.3, -0.25) is 10.1 Å². The van der Waals surface area contributed by atoms with Gasteiger partial charge in [0.1, 0.15) is 0 Å². The summed E-state index contributed by atoms with van der Waals surface area (Å²) in [5, 5.41) is 11.9. The molecule has 4 nitrogen and oxygen atoms in total. The van der Waals surface area contributed by atoms with Crippen molar-refractivity contribution in [3.8, 4) is 0 Å². The monoisotopic (exact) mass is 172 g/mol. The molecule has 1 saturated heterocycles. The van der Waals surface area contributed by atoms with E-state index in [0.29, 0.717) is 6.54 Å². The zero-order valence-corrected chi connectivity index (χ0v) is 7.42. The van der Waals surface area contributed by atoms with E-state index in [1.807, 2.05) is 0 Å². The molecule has 1 atom stereocenters. The summed E-state index contributed by atoms with van der Waals surface area (Å²) >= 11 is 0. The molecular weight excluding hydrogens is 156 g/mol. The Kier molecular flexibility index (Phi) is 3.49. The van der Waals surface area contributed by atoms with Crippen LogP contribution in [0.1, 0.15) is 19.8 Å². The number of aliphatic hydroxyl groups excluding tert-OH is 1. The first-order valence-corrected chi connectivity index (χ1v) is 4.37. The van der Waals surface area contributed by atoms with Gasteiger partial charge in [0.25, 0.3) is 0 Å². The highest BCUT2D eigenvalue weighted by atomic mass is 16.3. The summed E-state index contributed by atoms with van der Waals surface area (Å²) in [5.74, 6) is 0.0310. The number of carbonyl (C=O) groups excluding carboxylic acids is 1. The zero-order valence-electron chi connectivity index (χ0n) is 7.42. The lowest BCUT2D eigenvalue weighted by Gasteiger charge is -2.26. The van der Waals surface area contributed by atoms with Crippen molar-refractivity contribution in [2.24, 2.45) is 0 Å². The molecule has 12 heavy (non-hydrogen) atoms. The largest absolute Gasteiger partial charge is 0.395 e. The third kappa shape index (κ3) is 2.19. The molecule has 0 spiro atoms. The predicted molar refractivity (Wildman–Crippen MR) is 45.5 cm³/mol. The maximum Gasteiger partial charge on any atom is 0.220 e. The lowest BCUT2D eigenvalue weighted by atomic mass is 10.3. The van der Waals surface area contributed by atoms with Crippen LogP contribution in [0.2, 0.25) is 0 Å². The van der Waals surface area contributed by atoms with Gasteiger partial charge in [0.15, 0.2) is 0 Å². The number of hydrogen-bond acceptors (Lipinski definition) is 3. The summed E-state index contributed by atoms with van der Waals surface area (Å²) in [7, 11) is 0. The molecule has 0 saturated carbocycles. The van der Waals surface area contributed by atoms with E-state index in [1.165, 1.54) is 6.92 Å². The summed E-state index contributed by atoms with van der Waals surface area (Å²) in [6.45, 7) is 2.99. The molecule has 1 heterocycles. The summed E-state index contributed by atoms with van der Waals surface area (Å²) < 4.78 is 0. The number of rotatable bonds is 3. The summed E-state index contributed by atoms with van der Waals surface area (Å²) in [4.78, 5) is 12.8. The highest BCUT2D eigenvalue weighted by molar-refractivity contribution is 5.73. The topological polar surface area (TPSA) is 52.6 Å². The van der Waals surface area contributed by atoms with Crippen LogP contribution >= 0.6 is 0 Å². The van der Waals surface area contributed by atoms with E-state index in [-0.39, 0.29) is 18.7 Å². The molecule has 0 radical (unpaired) electrons. The third-order valence-electron chi connectivity index (χ3n) is 2.16. The number of hydrogen-bond donors (Lipinski definition) is 2. The van der Waals surface area contributed by atoms with E-state index in [0.717, 1.165) is 19.4 Å². The Morgan fingerprint density at radius 3 is 2.92 bits per heavy atom. The molecule has 1 amide bonds. The van der Waals surface area contributed by atoms with Crippen LogP contribution in [-0.4, -0.2) is 41.8 Å². The third-order valence-corrected chi connectivity index (χ3v) is 2.16. The van der Waals surface area contributed by atoms with Crippen LogP contribution in [0.15, 0.2) is 0 Å². The van der Waals surface area contributed by atoms with E-state index >= 15 is 0 Å². The summed E-state index contributed by atoms with van der Waals surface area (Å²) in [5.41, 5.74) is 0. The van der Waals surface area contributed by atoms with E-state index in [1.54, 1.807) is 4.90 Å². The molecule has 70 valence electrons. The zero-order chi connectivity index (χ0) is 8.97. The molecule has 2 N–H and O–H groups in total. The summed E-state index contributed by atoms with van der Waals surface area (Å²) in [6, 6.07) is 0. The Morgan fingerprint density at radius 2 is 2.50 bits per heavy atom. The minimum absolute atomic E-state index is 0.0310. The van der Waals surface area contributed by atoms with Crippen molar-refractivity contribution in [1.82, 2.24) is 10.2 Å². The SMILES string of the molecule is CC(=O)N(CCO)C1CCCN1. The average Bonchev–Trinajstić information content (AvgIpc) is 2.51. The van der Waals surface area contributed by atoms with Crippen molar-refractivity contribution in [1.29, 1.82) is 0 Å². The molecule has 0 bridgehead atoms. The van der Waals surface area contributed by atoms with Crippen LogP contribution in [0.3, 0.4) is 0 Å². The summed E-state index contributed by atoms with van der Waals surface area (Å²) in [6.07, 6.45) is 2.26. The van der Waals surface area contributed by atoms with Gasteiger partial charge in [0, 0.05) is 13.5 Å². The van der Waals surface area contributed by atoms with Crippen LogP contribution in [0.25, 0.3) is 0 Å². The van der Waals surface area contributed by atoms with Gasteiger partial charge < -0.3 is 10.0 Å². The molecule has 0 aromatic carbocycles. The fraction of sp³-hybridized carbons (Fsp3) is 0.875. The van der Waals surface area contributed by atoms with Gasteiger partial charge in [0.2, 0.25) is 5.91 Å². The smallest absolute Gasteiger partial charge is 0.220 e. The highest BCUT2D eigenvalue weighted by Crippen LogP contribution is 2.09. The molecule has 1 aliphatic heterocycles. The van der Waals surface area contributed by atoms with E-state index in [9.17, 15) is 4.79 Å². The molecule has 1 rings (SSSR count). The fourth-order valence-electron chi connectivity index (χ4n) is 1.57. The first-order chi connectivity index (χ1) is 5.75. The van der Waals surface area contributed by atoms with Gasteiger partial charge >= 0.3 is 0 Å². The maximum absolute atomic E-state index is 11.1. The molecular formula is C8H16N2O2. The average molecular weight is 172 g/mol. The lowest BCUT2D eigenvalue weighted by molar-refractivity contribution is -0.132. The van der Waals surface area contributed by atoms with Gasteiger partial charge in [-0.2, -0.15) is 0 Å². The second-order valence-electron chi connectivity index (χ2n) is 3.05. The van der Waals surface area contributed by atoms with Gasteiger partial charge in [-0.15, -0.1) is 0 Å². The lowest BCUT2D eigenvalue weighted by Crippen LogP contribution is -2.45. The van der Waals surface area contributed by atoms with Crippen molar-refractivity contribution < 1.29 is 9.90 Å². The van der Waals surface area contributed by atoms with Crippen molar-refractivity contribution in [2.45, 2.75) is 25.9 Å². The van der Waals surface area contributed by atoms with Crippen molar-refractivity contribution in [3.63, 3.8) is 0 Å². The second kappa shape index (κ2) is 4.42. The van der Waals surface area contributed by atoms with E-state index in [4.69, 9.17) is 5.11 Å². The molecule has 1 aliphatic rings. The Balaban J connectivity index is 2.45. The van der Waals surface area contributed by atoms with Crippen LogP contribution in [0, 0.1) is 0 Å². The highest BCUT2D eigenvalue weighted by Gasteiger charge is 2.22. The van der Waals surface area contributed by atoms with Crippen molar-refractivity contribution in [2.75, 3.05) is 19.7 Å². The molecule has 0 aromatic heterocycles. The number of carbonyl (C=O) groups is 1. The second-order valence-corrected chi connectivity index (χ2v) is 3.05. The van der Waals surface area contributed by atoms with E-state index in [2.05, 4.69) is 5.32 Å². The Bertz CT molecular complexity index is 155. The quantitative estimate of drug-likeness (QED) is 0.605. The van der Waals surface area contributed by atoms with Gasteiger partial charge in [-0.25, -0.2) is 0 Å². The molecule has 4 heteroatoms. The van der Waals surface area contributed by atoms with E-state index < -0.39 is 0 Å².